The Morgan fingerprint density at radius 2 is 1.73 bits per heavy atom. The number of fused-ring (bicyclic) bond motifs is 2. The van der Waals surface area contributed by atoms with E-state index in [-0.39, 0.29) is 5.91 Å². The summed E-state index contributed by atoms with van der Waals surface area (Å²) in [5.74, 6) is -0.205. The van der Waals surface area contributed by atoms with E-state index in [0.29, 0.717) is 16.8 Å². The van der Waals surface area contributed by atoms with Gasteiger partial charge in [0, 0.05) is 24.0 Å². The van der Waals surface area contributed by atoms with Crippen molar-refractivity contribution < 1.29 is 4.79 Å². The molecule has 4 aromatic rings. The summed E-state index contributed by atoms with van der Waals surface area (Å²) >= 11 is 0. The minimum absolute atomic E-state index is 0.205. The predicted octanol–water partition coefficient (Wildman–Crippen LogP) is 3.36. The topological polar surface area (TPSA) is 70.7 Å². The number of anilines is 1. The van der Waals surface area contributed by atoms with Crippen LogP contribution in [0, 0.1) is 0 Å². The third kappa shape index (κ3) is 2.00. The molecule has 106 valence electrons. The highest BCUT2D eigenvalue weighted by Gasteiger charge is 2.14. The van der Waals surface area contributed by atoms with Crippen LogP contribution in [0.15, 0.2) is 61.1 Å². The molecule has 0 radical (unpaired) electrons. The van der Waals surface area contributed by atoms with E-state index in [1.165, 1.54) is 0 Å². The first-order valence-electron chi connectivity index (χ1n) is 6.90. The first-order valence-corrected chi connectivity index (χ1v) is 6.90. The van der Waals surface area contributed by atoms with Gasteiger partial charge in [0.1, 0.15) is 5.52 Å². The molecule has 0 atom stereocenters. The van der Waals surface area contributed by atoms with Crippen LogP contribution in [0.3, 0.4) is 0 Å². The number of hydrogen-bond donors (Lipinski definition) is 2. The number of aromatic amines is 1. The lowest BCUT2D eigenvalue weighted by Crippen LogP contribution is -2.12. The number of nitrogens with zero attached hydrogens (tertiary/aromatic N) is 2. The fraction of sp³-hybridized carbons (Fsp3) is 0. The molecule has 0 unspecified atom stereocenters. The zero-order valence-corrected chi connectivity index (χ0v) is 11.6. The minimum atomic E-state index is -0.205. The number of H-pyrrole nitrogens is 1. The van der Waals surface area contributed by atoms with Crippen LogP contribution < -0.4 is 5.32 Å². The van der Waals surface area contributed by atoms with Crippen LogP contribution in [0.4, 0.5) is 5.69 Å². The van der Waals surface area contributed by atoms with Crippen molar-refractivity contribution in [2.45, 2.75) is 0 Å². The number of amides is 1. The number of carbonyl (C=O) groups excluding carboxylic acids is 1. The highest BCUT2D eigenvalue weighted by atomic mass is 16.1. The quantitative estimate of drug-likeness (QED) is 0.594. The van der Waals surface area contributed by atoms with Gasteiger partial charge in [0.15, 0.2) is 0 Å². The van der Waals surface area contributed by atoms with Crippen LogP contribution in [0.25, 0.3) is 21.9 Å². The van der Waals surface area contributed by atoms with E-state index < -0.39 is 0 Å². The minimum Gasteiger partial charge on any atom is -0.359 e. The largest absolute Gasteiger partial charge is 0.359 e. The number of hydrogen-bond acceptors (Lipinski definition) is 3. The zero-order chi connectivity index (χ0) is 14.9. The highest BCUT2D eigenvalue weighted by molar-refractivity contribution is 6.13. The van der Waals surface area contributed by atoms with E-state index in [1.807, 2.05) is 42.5 Å². The van der Waals surface area contributed by atoms with Crippen molar-refractivity contribution in [2.24, 2.45) is 0 Å². The average Bonchev–Trinajstić information content (AvgIpc) is 2.99. The predicted molar refractivity (Wildman–Crippen MR) is 85.8 cm³/mol. The van der Waals surface area contributed by atoms with Gasteiger partial charge in [0.05, 0.1) is 22.3 Å². The molecule has 0 saturated carbocycles. The Morgan fingerprint density at radius 3 is 2.64 bits per heavy atom. The molecule has 0 saturated heterocycles. The van der Waals surface area contributed by atoms with E-state index in [2.05, 4.69) is 20.3 Å². The summed E-state index contributed by atoms with van der Waals surface area (Å²) in [6.45, 7) is 0. The molecule has 0 aliphatic heterocycles. The van der Waals surface area contributed by atoms with Gasteiger partial charge in [0.25, 0.3) is 5.91 Å². The number of para-hydroxylation sites is 1. The molecule has 4 rings (SSSR count). The Morgan fingerprint density at radius 1 is 0.955 bits per heavy atom. The van der Waals surface area contributed by atoms with Crippen LogP contribution in [0.5, 0.6) is 0 Å². The molecule has 22 heavy (non-hydrogen) atoms. The lowest BCUT2D eigenvalue weighted by molar-refractivity contribution is 0.102. The van der Waals surface area contributed by atoms with Crippen molar-refractivity contribution in [3.8, 4) is 0 Å². The van der Waals surface area contributed by atoms with Crippen LogP contribution in [-0.4, -0.2) is 20.9 Å². The Hall–Kier alpha value is -3.21. The molecule has 3 aromatic heterocycles. The summed E-state index contributed by atoms with van der Waals surface area (Å²) in [5.41, 5.74) is 3.47. The number of nitrogens with one attached hydrogen (secondary N) is 2. The van der Waals surface area contributed by atoms with Crippen LogP contribution in [-0.2, 0) is 0 Å². The van der Waals surface area contributed by atoms with Crippen molar-refractivity contribution >= 4 is 33.5 Å². The van der Waals surface area contributed by atoms with Crippen molar-refractivity contribution in [2.75, 3.05) is 5.32 Å². The third-order valence-corrected chi connectivity index (χ3v) is 3.56. The fourth-order valence-corrected chi connectivity index (χ4v) is 2.52. The zero-order valence-electron chi connectivity index (χ0n) is 11.6. The summed E-state index contributed by atoms with van der Waals surface area (Å²) in [6, 6.07) is 13.3. The van der Waals surface area contributed by atoms with Crippen molar-refractivity contribution in [1.29, 1.82) is 0 Å². The van der Waals surface area contributed by atoms with Crippen LogP contribution >= 0.6 is 0 Å². The van der Waals surface area contributed by atoms with Gasteiger partial charge in [0.2, 0.25) is 0 Å². The molecule has 5 nitrogen and oxygen atoms in total. The van der Waals surface area contributed by atoms with Gasteiger partial charge in [-0.05, 0) is 24.3 Å². The summed E-state index contributed by atoms with van der Waals surface area (Å²) in [4.78, 5) is 24.2. The maximum atomic E-state index is 12.5. The number of pyridine rings is 2. The van der Waals surface area contributed by atoms with E-state index in [4.69, 9.17) is 0 Å². The molecule has 1 aromatic carbocycles. The molecule has 1 amide bonds. The van der Waals surface area contributed by atoms with Crippen LogP contribution in [0.2, 0.25) is 0 Å². The average molecular weight is 288 g/mol. The molecular weight excluding hydrogens is 276 g/mol. The van der Waals surface area contributed by atoms with E-state index >= 15 is 0 Å². The molecule has 0 aliphatic carbocycles. The highest BCUT2D eigenvalue weighted by Crippen LogP contribution is 2.22. The molecule has 0 aliphatic rings. The van der Waals surface area contributed by atoms with E-state index in [1.54, 1.807) is 18.6 Å². The second kappa shape index (κ2) is 4.96. The summed E-state index contributed by atoms with van der Waals surface area (Å²) < 4.78 is 0. The Balaban J connectivity index is 1.75. The summed E-state index contributed by atoms with van der Waals surface area (Å²) in [7, 11) is 0. The standard InChI is InChI=1S/C17H12N4O/c22-17(12-10-20-13-7-3-9-19-16(12)13)21-14-6-1-4-11-5-2-8-18-15(11)14/h1-10,20H,(H,21,22). The monoisotopic (exact) mass is 288 g/mol. The number of rotatable bonds is 2. The van der Waals surface area contributed by atoms with Crippen molar-refractivity contribution in [3.05, 3.63) is 66.6 Å². The van der Waals surface area contributed by atoms with Gasteiger partial charge in [-0.15, -0.1) is 0 Å². The third-order valence-electron chi connectivity index (χ3n) is 3.56. The molecule has 0 bridgehead atoms. The second-order valence-corrected chi connectivity index (χ2v) is 4.94. The maximum absolute atomic E-state index is 12.5. The Kier molecular flexibility index (Phi) is 2.83. The molecule has 0 fully saturated rings. The van der Waals surface area contributed by atoms with Gasteiger partial charge >= 0.3 is 0 Å². The number of carbonyl (C=O) groups is 1. The van der Waals surface area contributed by atoms with Gasteiger partial charge in [-0.1, -0.05) is 18.2 Å². The van der Waals surface area contributed by atoms with E-state index in [0.717, 1.165) is 16.4 Å². The molecule has 2 N–H and O–H groups in total. The fourth-order valence-electron chi connectivity index (χ4n) is 2.52. The lowest BCUT2D eigenvalue weighted by Gasteiger charge is -2.07. The van der Waals surface area contributed by atoms with Crippen molar-refractivity contribution in [1.82, 2.24) is 15.0 Å². The van der Waals surface area contributed by atoms with Gasteiger partial charge < -0.3 is 10.3 Å². The molecular formula is C17H12N4O. The van der Waals surface area contributed by atoms with Crippen molar-refractivity contribution in [3.63, 3.8) is 0 Å². The van der Waals surface area contributed by atoms with Gasteiger partial charge in [-0.2, -0.15) is 0 Å². The Bertz CT molecular complexity index is 985. The second-order valence-electron chi connectivity index (χ2n) is 4.94. The summed E-state index contributed by atoms with van der Waals surface area (Å²) in [6.07, 6.45) is 5.06. The number of aromatic nitrogens is 3. The van der Waals surface area contributed by atoms with Crippen LogP contribution in [0.1, 0.15) is 10.4 Å². The smallest absolute Gasteiger partial charge is 0.259 e. The maximum Gasteiger partial charge on any atom is 0.259 e. The summed E-state index contributed by atoms with van der Waals surface area (Å²) in [5, 5.41) is 3.90. The molecule has 0 spiro atoms. The SMILES string of the molecule is O=C(Nc1cccc2cccnc12)c1c[nH]c2cccnc12. The molecule has 5 heteroatoms. The van der Waals surface area contributed by atoms with E-state index in [9.17, 15) is 4.79 Å². The van der Waals surface area contributed by atoms with Gasteiger partial charge in [-0.25, -0.2) is 0 Å². The number of benzene rings is 1. The van der Waals surface area contributed by atoms with Gasteiger partial charge in [-0.3, -0.25) is 14.8 Å². The normalized spacial score (nSPS) is 10.9. The first-order chi connectivity index (χ1) is 10.8. The molecule has 3 heterocycles. The first kappa shape index (κ1) is 12.5. The lowest BCUT2D eigenvalue weighted by atomic mass is 10.2. The Labute approximate surface area is 126 Å².